The van der Waals surface area contributed by atoms with Gasteiger partial charge in [0.15, 0.2) is 5.11 Å². The van der Waals surface area contributed by atoms with E-state index in [4.69, 9.17) is 12.2 Å². The lowest BCUT2D eigenvalue weighted by Gasteiger charge is -2.38. The molecule has 3 rings (SSSR count). The van der Waals surface area contributed by atoms with E-state index in [1.807, 2.05) is 60.7 Å². The standard InChI is InChI=1S/C19H18N2O2S/c1-20-17(22)16(18(23)21(2)19(20)24)15(13-9-5-3-6-10-13)14-11-7-4-8-12-14/h3-12,15-16H,1-2H3. The summed E-state index contributed by atoms with van der Waals surface area (Å²) in [6, 6.07) is 19.3. The summed E-state index contributed by atoms with van der Waals surface area (Å²) in [5.74, 6) is -1.70. The van der Waals surface area contributed by atoms with Crippen LogP contribution in [0.5, 0.6) is 0 Å². The normalized spacial score (nSPS) is 16.2. The van der Waals surface area contributed by atoms with Crippen molar-refractivity contribution < 1.29 is 9.59 Å². The summed E-state index contributed by atoms with van der Waals surface area (Å²) < 4.78 is 0. The molecule has 0 aliphatic carbocycles. The molecule has 2 aromatic rings. The molecule has 1 aliphatic rings. The van der Waals surface area contributed by atoms with Crippen molar-refractivity contribution in [2.45, 2.75) is 5.92 Å². The molecule has 1 fully saturated rings. The second kappa shape index (κ2) is 6.53. The highest BCUT2D eigenvalue weighted by atomic mass is 32.1. The number of amides is 2. The summed E-state index contributed by atoms with van der Waals surface area (Å²) in [5, 5.41) is 0.237. The number of thiocarbonyl (C=S) groups is 1. The number of hydrogen-bond acceptors (Lipinski definition) is 3. The zero-order chi connectivity index (χ0) is 17.3. The molecule has 0 N–H and O–H groups in total. The lowest BCUT2D eigenvalue weighted by atomic mass is 9.78. The fourth-order valence-electron chi connectivity index (χ4n) is 3.12. The van der Waals surface area contributed by atoms with Gasteiger partial charge in [-0.15, -0.1) is 0 Å². The molecule has 0 radical (unpaired) electrons. The van der Waals surface area contributed by atoms with Crippen molar-refractivity contribution in [3.05, 3.63) is 71.8 Å². The van der Waals surface area contributed by atoms with Gasteiger partial charge in [-0.1, -0.05) is 60.7 Å². The Morgan fingerprint density at radius 3 is 1.54 bits per heavy atom. The largest absolute Gasteiger partial charge is 0.291 e. The lowest BCUT2D eigenvalue weighted by Crippen LogP contribution is -2.58. The first-order valence-corrected chi connectivity index (χ1v) is 8.12. The third-order valence-corrected chi connectivity index (χ3v) is 4.97. The van der Waals surface area contributed by atoms with E-state index in [2.05, 4.69) is 0 Å². The van der Waals surface area contributed by atoms with Gasteiger partial charge in [-0.2, -0.15) is 0 Å². The van der Waals surface area contributed by atoms with Crippen LogP contribution in [-0.2, 0) is 9.59 Å². The first kappa shape index (κ1) is 16.3. The maximum atomic E-state index is 12.9. The Bertz CT molecular complexity index is 713. The van der Waals surface area contributed by atoms with E-state index < -0.39 is 5.92 Å². The minimum absolute atomic E-state index is 0.237. The van der Waals surface area contributed by atoms with Gasteiger partial charge in [-0.25, -0.2) is 0 Å². The zero-order valence-corrected chi connectivity index (χ0v) is 14.4. The fraction of sp³-hybridized carbons (Fsp3) is 0.211. The van der Waals surface area contributed by atoms with E-state index in [9.17, 15) is 9.59 Å². The third-order valence-electron chi connectivity index (χ3n) is 4.42. The third kappa shape index (κ3) is 2.71. The Labute approximate surface area is 146 Å². The second-order valence-electron chi connectivity index (χ2n) is 5.85. The second-order valence-corrected chi connectivity index (χ2v) is 6.22. The Hall–Kier alpha value is -2.53. The van der Waals surface area contributed by atoms with Gasteiger partial charge in [0.25, 0.3) is 0 Å². The molecule has 1 aliphatic heterocycles. The molecule has 0 spiro atoms. The van der Waals surface area contributed by atoms with Crippen LogP contribution in [0, 0.1) is 5.92 Å². The van der Waals surface area contributed by atoms with Crippen molar-refractivity contribution in [2.24, 2.45) is 5.92 Å². The number of rotatable bonds is 3. The maximum Gasteiger partial charge on any atom is 0.242 e. The van der Waals surface area contributed by atoms with Crippen LogP contribution >= 0.6 is 12.2 Å². The molecule has 4 nitrogen and oxygen atoms in total. The van der Waals surface area contributed by atoms with E-state index in [0.29, 0.717) is 0 Å². The van der Waals surface area contributed by atoms with Crippen LogP contribution < -0.4 is 0 Å². The van der Waals surface area contributed by atoms with Gasteiger partial charge in [0.2, 0.25) is 11.8 Å². The Morgan fingerprint density at radius 2 is 1.17 bits per heavy atom. The molecule has 0 unspecified atom stereocenters. The molecule has 5 heteroatoms. The SMILES string of the molecule is CN1C(=O)C(C(c2ccccc2)c2ccccc2)C(=O)N(C)C1=S. The van der Waals surface area contributed by atoms with Gasteiger partial charge >= 0.3 is 0 Å². The van der Waals surface area contributed by atoms with Crippen molar-refractivity contribution in [3.8, 4) is 0 Å². The number of carbonyl (C=O) groups is 2. The van der Waals surface area contributed by atoms with Crippen molar-refractivity contribution in [3.63, 3.8) is 0 Å². The van der Waals surface area contributed by atoms with E-state index in [0.717, 1.165) is 11.1 Å². The van der Waals surface area contributed by atoms with Crippen LogP contribution in [0.2, 0.25) is 0 Å². The molecular weight excluding hydrogens is 320 g/mol. The average Bonchev–Trinajstić information content (AvgIpc) is 2.63. The minimum Gasteiger partial charge on any atom is -0.291 e. The predicted octanol–water partition coefficient (Wildman–Crippen LogP) is 2.65. The first-order valence-electron chi connectivity index (χ1n) is 7.71. The van der Waals surface area contributed by atoms with Crippen LogP contribution in [0.3, 0.4) is 0 Å². The fourth-order valence-corrected chi connectivity index (χ4v) is 3.30. The summed E-state index contributed by atoms with van der Waals surface area (Å²) in [6.45, 7) is 0. The van der Waals surface area contributed by atoms with Crippen molar-refractivity contribution in [1.82, 2.24) is 9.80 Å². The van der Waals surface area contributed by atoms with E-state index in [-0.39, 0.29) is 22.8 Å². The number of benzene rings is 2. The highest BCUT2D eigenvalue weighted by Crippen LogP contribution is 2.36. The van der Waals surface area contributed by atoms with Crippen LogP contribution in [0.4, 0.5) is 0 Å². The molecule has 2 aromatic carbocycles. The summed E-state index contributed by atoms with van der Waals surface area (Å²) in [6.07, 6.45) is 0. The van der Waals surface area contributed by atoms with E-state index >= 15 is 0 Å². The first-order chi connectivity index (χ1) is 11.5. The maximum absolute atomic E-state index is 12.9. The molecule has 2 amide bonds. The Balaban J connectivity index is 2.13. The average molecular weight is 338 g/mol. The van der Waals surface area contributed by atoms with Crippen LogP contribution in [-0.4, -0.2) is 40.8 Å². The number of nitrogens with zero attached hydrogens (tertiary/aromatic N) is 2. The molecule has 0 atom stereocenters. The topological polar surface area (TPSA) is 40.6 Å². The molecule has 0 aromatic heterocycles. The smallest absolute Gasteiger partial charge is 0.242 e. The zero-order valence-electron chi connectivity index (χ0n) is 13.5. The van der Waals surface area contributed by atoms with E-state index in [1.165, 1.54) is 9.80 Å². The predicted molar refractivity (Wildman–Crippen MR) is 96.4 cm³/mol. The summed E-state index contributed by atoms with van der Waals surface area (Å²) in [5.41, 5.74) is 1.87. The van der Waals surface area contributed by atoms with Gasteiger partial charge in [-0.05, 0) is 23.3 Å². The summed E-state index contributed by atoms with van der Waals surface area (Å²) in [7, 11) is 3.24. The van der Waals surface area contributed by atoms with Crippen LogP contribution in [0.15, 0.2) is 60.7 Å². The lowest BCUT2D eigenvalue weighted by molar-refractivity contribution is -0.146. The monoisotopic (exact) mass is 338 g/mol. The summed E-state index contributed by atoms with van der Waals surface area (Å²) in [4.78, 5) is 28.5. The molecule has 24 heavy (non-hydrogen) atoms. The van der Waals surface area contributed by atoms with E-state index in [1.54, 1.807) is 14.1 Å². The van der Waals surface area contributed by atoms with Gasteiger partial charge < -0.3 is 0 Å². The Kier molecular flexibility index (Phi) is 4.44. The highest BCUT2D eigenvalue weighted by molar-refractivity contribution is 7.80. The summed E-state index contributed by atoms with van der Waals surface area (Å²) >= 11 is 5.19. The molecule has 122 valence electrons. The molecule has 0 saturated carbocycles. The van der Waals surface area contributed by atoms with Gasteiger partial charge in [-0.3, -0.25) is 19.4 Å². The molecule has 1 saturated heterocycles. The van der Waals surface area contributed by atoms with Gasteiger partial charge in [0.1, 0.15) is 5.92 Å². The van der Waals surface area contributed by atoms with Crippen molar-refractivity contribution in [1.29, 1.82) is 0 Å². The van der Waals surface area contributed by atoms with Crippen molar-refractivity contribution in [2.75, 3.05) is 14.1 Å². The van der Waals surface area contributed by atoms with Crippen molar-refractivity contribution >= 4 is 29.1 Å². The minimum atomic E-state index is -0.823. The molecule has 1 heterocycles. The Morgan fingerprint density at radius 1 is 0.792 bits per heavy atom. The van der Waals surface area contributed by atoms with Crippen LogP contribution in [0.25, 0.3) is 0 Å². The molecular formula is C19H18N2O2S. The quantitative estimate of drug-likeness (QED) is 0.638. The number of hydrogen-bond donors (Lipinski definition) is 0. The van der Waals surface area contributed by atoms with Gasteiger partial charge in [0, 0.05) is 20.0 Å². The highest BCUT2D eigenvalue weighted by Gasteiger charge is 2.45. The van der Waals surface area contributed by atoms with Crippen LogP contribution in [0.1, 0.15) is 17.0 Å². The number of carbonyl (C=O) groups excluding carboxylic acids is 2. The molecule has 0 bridgehead atoms. The van der Waals surface area contributed by atoms with Gasteiger partial charge in [0.05, 0.1) is 0 Å².